The molecule has 0 spiro atoms. The van der Waals surface area contributed by atoms with Crippen LogP contribution in [0.2, 0.25) is 0 Å². The van der Waals surface area contributed by atoms with Crippen LogP contribution < -0.4 is 4.90 Å². The fraction of sp³-hybridized carbons (Fsp3) is 0.389. The number of rotatable bonds is 5. The highest BCUT2D eigenvalue weighted by molar-refractivity contribution is 5.43. The second kappa shape index (κ2) is 7.68. The lowest BCUT2D eigenvalue weighted by Crippen LogP contribution is -2.38. The number of aliphatic hydroxyl groups excluding tert-OH is 1. The Kier molecular flexibility index (Phi) is 5.37. The Morgan fingerprint density at radius 3 is 2.58 bits per heavy atom. The highest BCUT2D eigenvalue weighted by Crippen LogP contribution is 2.24. The first-order valence-corrected chi connectivity index (χ1v) is 8.03. The molecule has 0 saturated carbocycles. The molecule has 0 atom stereocenters. The SMILES string of the molecule is OCc1ccnc(N2CCC(OCc3ccccc3F)CC2)c1F. The third-order valence-electron chi connectivity index (χ3n) is 4.30. The molecule has 1 aliphatic rings. The molecule has 1 aromatic carbocycles. The standard InChI is InChI=1S/C18H20F2N2O2/c19-16-4-2-1-3-14(16)12-24-15-6-9-22(10-7-15)18-17(20)13(11-23)5-8-21-18/h1-5,8,15,23H,6-7,9-12H2. The number of hydrogen-bond donors (Lipinski definition) is 1. The number of nitrogens with zero attached hydrogens (tertiary/aromatic N) is 2. The van der Waals surface area contributed by atoms with Crippen molar-refractivity contribution in [1.29, 1.82) is 0 Å². The van der Waals surface area contributed by atoms with E-state index in [-0.39, 0.29) is 36.5 Å². The topological polar surface area (TPSA) is 45.6 Å². The molecule has 3 rings (SSSR count). The van der Waals surface area contributed by atoms with Crippen LogP contribution >= 0.6 is 0 Å². The van der Waals surface area contributed by atoms with E-state index in [1.807, 2.05) is 4.90 Å². The summed E-state index contributed by atoms with van der Waals surface area (Å²) in [5, 5.41) is 9.15. The van der Waals surface area contributed by atoms with Gasteiger partial charge < -0.3 is 14.7 Å². The third-order valence-corrected chi connectivity index (χ3v) is 4.30. The molecular weight excluding hydrogens is 314 g/mol. The van der Waals surface area contributed by atoms with Gasteiger partial charge in [0, 0.05) is 30.4 Å². The van der Waals surface area contributed by atoms with Crippen molar-refractivity contribution in [3.8, 4) is 0 Å². The first-order chi connectivity index (χ1) is 11.7. The van der Waals surface area contributed by atoms with Crippen LogP contribution in [0.3, 0.4) is 0 Å². The zero-order valence-electron chi connectivity index (χ0n) is 13.3. The predicted molar refractivity (Wildman–Crippen MR) is 86.5 cm³/mol. The number of pyridine rings is 1. The molecule has 1 N–H and O–H groups in total. The van der Waals surface area contributed by atoms with Crippen LogP contribution in [0.25, 0.3) is 0 Å². The molecule has 0 amide bonds. The van der Waals surface area contributed by atoms with E-state index in [0.29, 0.717) is 18.7 Å². The van der Waals surface area contributed by atoms with Gasteiger partial charge in [-0.3, -0.25) is 0 Å². The van der Waals surface area contributed by atoms with Gasteiger partial charge in [0.25, 0.3) is 0 Å². The maximum absolute atomic E-state index is 14.2. The highest BCUT2D eigenvalue weighted by atomic mass is 19.1. The summed E-state index contributed by atoms with van der Waals surface area (Å²) in [6.45, 7) is 1.12. The molecule has 4 nitrogen and oxygen atoms in total. The molecule has 2 aromatic rings. The summed E-state index contributed by atoms with van der Waals surface area (Å²) in [4.78, 5) is 5.95. The minimum atomic E-state index is -0.467. The van der Waals surface area contributed by atoms with E-state index < -0.39 is 5.82 Å². The number of ether oxygens (including phenoxy) is 1. The zero-order valence-corrected chi connectivity index (χ0v) is 13.3. The zero-order chi connectivity index (χ0) is 16.9. The number of piperidine rings is 1. The molecule has 0 aliphatic carbocycles. The maximum Gasteiger partial charge on any atom is 0.171 e. The lowest BCUT2D eigenvalue weighted by atomic mass is 10.1. The van der Waals surface area contributed by atoms with Gasteiger partial charge in [-0.05, 0) is 25.0 Å². The van der Waals surface area contributed by atoms with Crippen molar-refractivity contribution in [3.05, 3.63) is 59.3 Å². The van der Waals surface area contributed by atoms with Crippen LogP contribution in [-0.2, 0) is 18.0 Å². The van der Waals surface area contributed by atoms with E-state index in [9.17, 15) is 8.78 Å². The third kappa shape index (κ3) is 3.71. The van der Waals surface area contributed by atoms with Gasteiger partial charge in [0.05, 0.1) is 19.3 Å². The Balaban J connectivity index is 1.55. The lowest BCUT2D eigenvalue weighted by molar-refractivity contribution is 0.0236. The molecule has 0 bridgehead atoms. The number of halogens is 2. The minimum Gasteiger partial charge on any atom is -0.392 e. The molecule has 1 saturated heterocycles. The van der Waals surface area contributed by atoms with E-state index in [2.05, 4.69) is 4.98 Å². The molecule has 2 heterocycles. The highest BCUT2D eigenvalue weighted by Gasteiger charge is 2.23. The molecule has 0 unspecified atom stereocenters. The van der Waals surface area contributed by atoms with E-state index in [1.165, 1.54) is 18.3 Å². The molecule has 128 valence electrons. The summed E-state index contributed by atoms with van der Waals surface area (Å²) < 4.78 is 33.6. The molecule has 1 aromatic heterocycles. The van der Waals surface area contributed by atoms with E-state index in [1.54, 1.807) is 18.2 Å². The van der Waals surface area contributed by atoms with E-state index in [4.69, 9.17) is 9.84 Å². The summed E-state index contributed by atoms with van der Waals surface area (Å²) in [7, 11) is 0. The Labute approximate surface area is 139 Å². The fourth-order valence-corrected chi connectivity index (χ4v) is 2.87. The lowest BCUT2D eigenvalue weighted by Gasteiger charge is -2.33. The summed E-state index contributed by atoms with van der Waals surface area (Å²) >= 11 is 0. The van der Waals surface area contributed by atoms with Crippen molar-refractivity contribution in [3.63, 3.8) is 0 Å². The molecule has 1 aliphatic heterocycles. The normalized spacial score (nSPS) is 15.7. The number of anilines is 1. The average molecular weight is 334 g/mol. The molecule has 24 heavy (non-hydrogen) atoms. The summed E-state index contributed by atoms with van der Waals surface area (Å²) in [5.41, 5.74) is 0.793. The van der Waals surface area contributed by atoms with Crippen molar-refractivity contribution in [1.82, 2.24) is 4.98 Å². The van der Waals surface area contributed by atoms with Crippen molar-refractivity contribution >= 4 is 5.82 Å². The smallest absolute Gasteiger partial charge is 0.171 e. The van der Waals surface area contributed by atoms with Gasteiger partial charge in [0.15, 0.2) is 11.6 Å². The Morgan fingerprint density at radius 2 is 1.88 bits per heavy atom. The molecule has 1 fully saturated rings. The maximum atomic E-state index is 14.2. The Bertz CT molecular complexity index is 688. The summed E-state index contributed by atoms with van der Waals surface area (Å²) in [5.74, 6) is -0.457. The predicted octanol–water partition coefficient (Wildman–Crippen LogP) is 3.04. The quantitative estimate of drug-likeness (QED) is 0.913. The summed E-state index contributed by atoms with van der Waals surface area (Å²) in [6.07, 6.45) is 2.97. The molecule has 6 heteroatoms. The summed E-state index contributed by atoms with van der Waals surface area (Å²) in [6, 6.07) is 8.05. The van der Waals surface area contributed by atoms with Crippen molar-refractivity contribution in [2.45, 2.75) is 32.2 Å². The van der Waals surface area contributed by atoms with Crippen molar-refractivity contribution in [2.75, 3.05) is 18.0 Å². The second-order valence-corrected chi connectivity index (χ2v) is 5.85. The second-order valence-electron chi connectivity index (χ2n) is 5.85. The van der Waals surface area contributed by atoms with Gasteiger partial charge >= 0.3 is 0 Å². The van der Waals surface area contributed by atoms with Crippen molar-refractivity contribution in [2.24, 2.45) is 0 Å². The van der Waals surface area contributed by atoms with Gasteiger partial charge in [0.1, 0.15) is 5.82 Å². The van der Waals surface area contributed by atoms with Crippen LogP contribution in [0.15, 0.2) is 36.5 Å². The first-order valence-electron chi connectivity index (χ1n) is 8.03. The Morgan fingerprint density at radius 1 is 1.12 bits per heavy atom. The van der Waals surface area contributed by atoms with Gasteiger partial charge in [-0.25, -0.2) is 13.8 Å². The van der Waals surface area contributed by atoms with Gasteiger partial charge in [-0.2, -0.15) is 0 Å². The van der Waals surface area contributed by atoms with Crippen LogP contribution in [0.1, 0.15) is 24.0 Å². The monoisotopic (exact) mass is 334 g/mol. The van der Waals surface area contributed by atoms with Crippen LogP contribution in [-0.4, -0.2) is 29.3 Å². The van der Waals surface area contributed by atoms with Gasteiger partial charge in [0.2, 0.25) is 0 Å². The van der Waals surface area contributed by atoms with Crippen molar-refractivity contribution < 1.29 is 18.6 Å². The van der Waals surface area contributed by atoms with Crippen LogP contribution in [0.4, 0.5) is 14.6 Å². The van der Waals surface area contributed by atoms with Crippen LogP contribution in [0.5, 0.6) is 0 Å². The average Bonchev–Trinajstić information content (AvgIpc) is 2.62. The number of aliphatic hydroxyl groups is 1. The number of hydrogen-bond acceptors (Lipinski definition) is 4. The van der Waals surface area contributed by atoms with Crippen LogP contribution in [0, 0.1) is 11.6 Å². The number of aromatic nitrogens is 1. The van der Waals surface area contributed by atoms with Gasteiger partial charge in [-0.1, -0.05) is 18.2 Å². The molecule has 0 radical (unpaired) electrons. The minimum absolute atomic E-state index is 0.0185. The number of benzene rings is 1. The molecular formula is C18H20F2N2O2. The first kappa shape index (κ1) is 16.8. The largest absolute Gasteiger partial charge is 0.392 e. The van der Waals surface area contributed by atoms with Gasteiger partial charge in [-0.15, -0.1) is 0 Å². The Hall–Kier alpha value is -2.05. The van der Waals surface area contributed by atoms with E-state index >= 15 is 0 Å². The fourth-order valence-electron chi connectivity index (χ4n) is 2.87. The van der Waals surface area contributed by atoms with E-state index in [0.717, 1.165) is 12.8 Å².